The standard InChI is InChI=1S/C9H8BrNOS/c1-5(12)9-7(10)8-6(13-9)3-4-11(8)2/h3-4H,1-2H3. The average molecular weight is 258 g/mol. The third kappa shape index (κ3) is 1.25. The molecular formula is C9H8BrNOS. The topological polar surface area (TPSA) is 22.0 Å². The maximum absolute atomic E-state index is 11.2. The van der Waals surface area contributed by atoms with E-state index in [1.165, 1.54) is 11.3 Å². The lowest BCUT2D eigenvalue weighted by Crippen LogP contribution is -1.89. The van der Waals surface area contributed by atoms with E-state index >= 15 is 0 Å². The largest absolute Gasteiger partial charge is 0.349 e. The first-order valence-corrected chi connectivity index (χ1v) is 5.46. The SMILES string of the molecule is CC(=O)c1sc2ccn(C)c2c1Br. The van der Waals surface area contributed by atoms with Gasteiger partial charge in [0.15, 0.2) is 5.78 Å². The first-order valence-electron chi connectivity index (χ1n) is 3.85. The molecule has 0 unspecified atom stereocenters. The summed E-state index contributed by atoms with van der Waals surface area (Å²) in [6, 6.07) is 2.02. The number of hydrogen-bond acceptors (Lipinski definition) is 2. The van der Waals surface area contributed by atoms with Gasteiger partial charge in [-0.2, -0.15) is 0 Å². The van der Waals surface area contributed by atoms with Gasteiger partial charge in [0.2, 0.25) is 0 Å². The first-order chi connectivity index (χ1) is 6.11. The number of halogens is 1. The molecule has 0 aliphatic carbocycles. The van der Waals surface area contributed by atoms with Crippen molar-refractivity contribution in [3.8, 4) is 0 Å². The monoisotopic (exact) mass is 257 g/mol. The van der Waals surface area contributed by atoms with Crippen LogP contribution in [-0.4, -0.2) is 10.4 Å². The van der Waals surface area contributed by atoms with Gasteiger partial charge in [-0.05, 0) is 28.9 Å². The molecule has 0 aliphatic heterocycles. The number of Topliss-reactive ketones (excluding diaryl/α,β-unsaturated/α-hetero) is 1. The van der Waals surface area contributed by atoms with Gasteiger partial charge in [0, 0.05) is 13.2 Å². The van der Waals surface area contributed by atoms with Gasteiger partial charge < -0.3 is 4.57 Å². The Morgan fingerprint density at radius 2 is 2.31 bits per heavy atom. The number of carbonyl (C=O) groups is 1. The quantitative estimate of drug-likeness (QED) is 0.720. The molecule has 2 heterocycles. The van der Waals surface area contributed by atoms with E-state index in [-0.39, 0.29) is 5.78 Å². The van der Waals surface area contributed by atoms with Crippen molar-refractivity contribution in [3.05, 3.63) is 21.6 Å². The van der Waals surface area contributed by atoms with E-state index < -0.39 is 0 Å². The molecule has 2 rings (SSSR count). The predicted octanol–water partition coefficient (Wildman–Crippen LogP) is 3.20. The number of ketones is 1. The van der Waals surface area contributed by atoms with Crippen LogP contribution in [0.5, 0.6) is 0 Å². The fraction of sp³-hybridized carbons (Fsp3) is 0.222. The van der Waals surface area contributed by atoms with E-state index in [0.29, 0.717) is 0 Å². The summed E-state index contributed by atoms with van der Waals surface area (Å²) in [6.07, 6.45) is 2.00. The van der Waals surface area contributed by atoms with E-state index in [2.05, 4.69) is 15.9 Å². The van der Waals surface area contributed by atoms with Crippen molar-refractivity contribution in [2.45, 2.75) is 6.92 Å². The summed E-state index contributed by atoms with van der Waals surface area (Å²) in [6.45, 7) is 1.59. The highest BCUT2D eigenvalue weighted by molar-refractivity contribution is 9.10. The van der Waals surface area contributed by atoms with Crippen molar-refractivity contribution >= 4 is 43.3 Å². The van der Waals surface area contributed by atoms with Crippen molar-refractivity contribution in [3.63, 3.8) is 0 Å². The van der Waals surface area contributed by atoms with Crippen LogP contribution in [0.25, 0.3) is 10.2 Å². The van der Waals surface area contributed by atoms with Gasteiger partial charge >= 0.3 is 0 Å². The molecule has 0 bridgehead atoms. The molecule has 0 spiro atoms. The van der Waals surface area contributed by atoms with Crippen LogP contribution in [0, 0.1) is 0 Å². The Morgan fingerprint density at radius 3 is 2.85 bits per heavy atom. The maximum Gasteiger partial charge on any atom is 0.170 e. The highest BCUT2D eigenvalue weighted by atomic mass is 79.9. The number of aromatic nitrogens is 1. The van der Waals surface area contributed by atoms with Crippen LogP contribution < -0.4 is 0 Å². The Kier molecular flexibility index (Phi) is 2.04. The molecule has 0 N–H and O–H groups in total. The van der Waals surface area contributed by atoms with Gasteiger partial charge in [-0.3, -0.25) is 4.79 Å². The number of rotatable bonds is 1. The number of hydrogen-bond donors (Lipinski definition) is 0. The molecule has 0 radical (unpaired) electrons. The average Bonchev–Trinajstić information content (AvgIpc) is 2.55. The highest BCUT2D eigenvalue weighted by Crippen LogP contribution is 2.35. The molecule has 2 nitrogen and oxygen atoms in total. The fourth-order valence-electron chi connectivity index (χ4n) is 1.34. The number of carbonyl (C=O) groups excluding carboxylic acids is 1. The summed E-state index contributed by atoms with van der Waals surface area (Å²) in [7, 11) is 1.98. The lowest BCUT2D eigenvalue weighted by atomic mass is 10.3. The third-order valence-electron chi connectivity index (χ3n) is 1.97. The molecule has 0 aromatic carbocycles. The minimum absolute atomic E-state index is 0.119. The number of fused-ring (bicyclic) bond motifs is 1. The molecule has 0 saturated carbocycles. The zero-order chi connectivity index (χ0) is 9.59. The van der Waals surface area contributed by atoms with Gasteiger partial charge in [0.05, 0.1) is 19.6 Å². The summed E-state index contributed by atoms with van der Waals surface area (Å²) >= 11 is 4.99. The van der Waals surface area contributed by atoms with Crippen LogP contribution in [0.15, 0.2) is 16.7 Å². The van der Waals surface area contributed by atoms with E-state index in [0.717, 1.165) is 19.6 Å². The van der Waals surface area contributed by atoms with E-state index in [1.807, 2.05) is 23.9 Å². The van der Waals surface area contributed by atoms with Crippen molar-refractivity contribution in [1.82, 2.24) is 4.57 Å². The molecule has 0 fully saturated rings. The second-order valence-corrected chi connectivity index (χ2v) is 4.79. The molecule has 68 valence electrons. The van der Waals surface area contributed by atoms with Gasteiger partial charge in [0.1, 0.15) is 0 Å². The minimum atomic E-state index is 0.119. The molecule has 2 aromatic heterocycles. The third-order valence-corrected chi connectivity index (χ3v) is 4.25. The van der Waals surface area contributed by atoms with Crippen LogP contribution in [-0.2, 0) is 7.05 Å². The second kappa shape index (κ2) is 2.96. The summed E-state index contributed by atoms with van der Waals surface area (Å²) < 4.78 is 4.09. The van der Waals surface area contributed by atoms with Crippen molar-refractivity contribution in [1.29, 1.82) is 0 Å². The Labute approximate surface area is 88.3 Å². The van der Waals surface area contributed by atoms with Gasteiger partial charge in [-0.15, -0.1) is 11.3 Å². The Hall–Kier alpha value is -0.610. The van der Waals surface area contributed by atoms with Gasteiger partial charge in [0.25, 0.3) is 0 Å². The molecule has 0 atom stereocenters. The number of nitrogens with zero attached hydrogens (tertiary/aromatic N) is 1. The maximum atomic E-state index is 11.2. The van der Waals surface area contributed by atoms with E-state index in [4.69, 9.17) is 0 Å². The molecule has 0 amide bonds. The van der Waals surface area contributed by atoms with Gasteiger partial charge in [-0.25, -0.2) is 0 Å². The molecular weight excluding hydrogens is 250 g/mol. The molecule has 0 aliphatic rings. The zero-order valence-corrected chi connectivity index (χ0v) is 9.70. The van der Waals surface area contributed by atoms with Crippen LogP contribution in [0.1, 0.15) is 16.6 Å². The Bertz CT molecular complexity index is 483. The van der Waals surface area contributed by atoms with Crippen LogP contribution >= 0.6 is 27.3 Å². The Morgan fingerprint density at radius 1 is 1.62 bits per heavy atom. The van der Waals surface area contributed by atoms with Crippen molar-refractivity contribution < 1.29 is 4.79 Å². The summed E-state index contributed by atoms with van der Waals surface area (Å²) in [4.78, 5) is 12.0. The lowest BCUT2D eigenvalue weighted by Gasteiger charge is -1.93. The second-order valence-electron chi connectivity index (χ2n) is 2.94. The fourth-order valence-corrected chi connectivity index (χ4v) is 3.51. The van der Waals surface area contributed by atoms with E-state index in [9.17, 15) is 4.79 Å². The smallest absolute Gasteiger partial charge is 0.170 e. The number of aryl methyl sites for hydroxylation is 1. The normalized spacial score (nSPS) is 11.0. The van der Waals surface area contributed by atoms with Crippen molar-refractivity contribution in [2.24, 2.45) is 7.05 Å². The summed E-state index contributed by atoms with van der Waals surface area (Å²) in [5, 5.41) is 0. The first kappa shape index (κ1) is 8.97. The summed E-state index contributed by atoms with van der Waals surface area (Å²) in [5.41, 5.74) is 1.11. The Balaban J connectivity index is 2.82. The molecule has 2 aromatic rings. The van der Waals surface area contributed by atoms with Crippen molar-refractivity contribution in [2.75, 3.05) is 0 Å². The predicted molar refractivity (Wildman–Crippen MR) is 58.5 cm³/mol. The summed E-state index contributed by atoms with van der Waals surface area (Å²) in [5.74, 6) is 0.119. The van der Waals surface area contributed by atoms with E-state index in [1.54, 1.807) is 6.92 Å². The minimum Gasteiger partial charge on any atom is -0.349 e. The van der Waals surface area contributed by atoms with Crippen LogP contribution in [0.2, 0.25) is 0 Å². The van der Waals surface area contributed by atoms with Crippen LogP contribution in [0.3, 0.4) is 0 Å². The van der Waals surface area contributed by atoms with Gasteiger partial charge in [-0.1, -0.05) is 0 Å². The molecule has 0 saturated heterocycles. The zero-order valence-electron chi connectivity index (χ0n) is 7.30. The lowest BCUT2D eigenvalue weighted by molar-refractivity contribution is 0.102. The molecule has 13 heavy (non-hydrogen) atoms. The van der Waals surface area contributed by atoms with Crippen LogP contribution in [0.4, 0.5) is 0 Å². The molecule has 4 heteroatoms. The number of thiophene rings is 1. The highest BCUT2D eigenvalue weighted by Gasteiger charge is 2.15.